The highest BCUT2D eigenvalue weighted by Gasteiger charge is 2.32. The van der Waals surface area contributed by atoms with Crippen LogP contribution in [0.15, 0.2) is 54.6 Å². The lowest BCUT2D eigenvalue weighted by Crippen LogP contribution is -2.15. The molecule has 1 aromatic heterocycles. The third-order valence-corrected chi connectivity index (χ3v) is 5.46. The molecular formula is C21H16N2O4S. The number of hydrogen-bond donors (Lipinski definition) is 1. The molecule has 1 atom stereocenters. The van der Waals surface area contributed by atoms with Crippen LogP contribution >= 0.6 is 11.3 Å². The molecule has 28 heavy (non-hydrogen) atoms. The first-order valence-corrected chi connectivity index (χ1v) is 9.51. The van der Waals surface area contributed by atoms with Crippen LogP contribution in [0.5, 0.6) is 0 Å². The Bertz CT molecular complexity index is 1080. The number of aromatic nitrogens is 1. The monoisotopic (exact) mass is 392 g/mol. The maximum Gasteiger partial charge on any atom is 0.339 e. The van der Waals surface area contributed by atoms with Gasteiger partial charge in [0.15, 0.2) is 10.9 Å². The molecule has 0 spiro atoms. The van der Waals surface area contributed by atoms with E-state index in [1.807, 2.05) is 30.3 Å². The molecule has 140 valence electrons. The van der Waals surface area contributed by atoms with Gasteiger partial charge < -0.3 is 10.1 Å². The SMILES string of the molecule is CC(=O)c1sc(NC(=O)C[C@H]2OC(=O)c3ccccc32)nc1-c1ccccc1. The van der Waals surface area contributed by atoms with E-state index >= 15 is 0 Å². The zero-order valence-electron chi connectivity index (χ0n) is 15.0. The van der Waals surface area contributed by atoms with Crippen LogP contribution in [0.4, 0.5) is 5.13 Å². The maximum absolute atomic E-state index is 12.5. The second kappa shape index (κ2) is 7.36. The fourth-order valence-electron chi connectivity index (χ4n) is 3.11. The molecule has 2 aromatic carbocycles. The van der Waals surface area contributed by atoms with E-state index in [1.54, 1.807) is 24.3 Å². The third kappa shape index (κ3) is 3.44. The number of nitrogens with one attached hydrogen (secondary N) is 1. The first-order valence-electron chi connectivity index (χ1n) is 8.70. The van der Waals surface area contributed by atoms with Crippen molar-refractivity contribution in [3.8, 4) is 11.3 Å². The molecular weight excluding hydrogens is 376 g/mol. The van der Waals surface area contributed by atoms with E-state index in [0.29, 0.717) is 26.8 Å². The van der Waals surface area contributed by atoms with Crippen LogP contribution in [0.25, 0.3) is 11.3 Å². The third-order valence-electron chi connectivity index (χ3n) is 4.39. The van der Waals surface area contributed by atoms with Gasteiger partial charge in [0, 0.05) is 18.1 Å². The van der Waals surface area contributed by atoms with Gasteiger partial charge in [-0.15, -0.1) is 0 Å². The van der Waals surface area contributed by atoms with Crippen molar-refractivity contribution >= 4 is 34.1 Å². The zero-order valence-corrected chi connectivity index (χ0v) is 15.8. The number of Topliss-reactive ketones (excluding diaryl/α,β-unsaturated/α-hetero) is 1. The van der Waals surface area contributed by atoms with Crippen molar-refractivity contribution < 1.29 is 19.1 Å². The van der Waals surface area contributed by atoms with Gasteiger partial charge in [-0.25, -0.2) is 9.78 Å². The van der Waals surface area contributed by atoms with E-state index < -0.39 is 12.1 Å². The summed E-state index contributed by atoms with van der Waals surface area (Å²) in [5.41, 5.74) is 2.55. The second-order valence-corrected chi connectivity index (χ2v) is 7.35. The quantitative estimate of drug-likeness (QED) is 0.518. The number of ether oxygens (including phenoxy) is 1. The van der Waals surface area contributed by atoms with Crippen LogP contribution in [-0.2, 0) is 9.53 Å². The van der Waals surface area contributed by atoms with Gasteiger partial charge in [0.25, 0.3) is 0 Å². The number of nitrogens with zero attached hydrogens (tertiary/aromatic N) is 1. The van der Waals surface area contributed by atoms with Crippen LogP contribution in [0.2, 0.25) is 0 Å². The Morgan fingerprint density at radius 2 is 1.82 bits per heavy atom. The number of hydrogen-bond acceptors (Lipinski definition) is 6. The average molecular weight is 392 g/mol. The minimum Gasteiger partial charge on any atom is -0.453 e. The van der Waals surface area contributed by atoms with Crippen molar-refractivity contribution in [1.82, 2.24) is 4.98 Å². The number of carbonyl (C=O) groups excluding carboxylic acids is 3. The molecule has 0 saturated carbocycles. The van der Waals surface area contributed by atoms with E-state index in [2.05, 4.69) is 10.3 Å². The Hall–Kier alpha value is -3.32. The summed E-state index contributed by atoms with van der Waals surface area (Å²) >= 11 is 1.13. The van der Waals surface area contributed by atoms with Gasteiger partial charge in [-0.2, -0.15) is 0 Å². The molecule has 4 rings (SSSR count). The number of carbonyl (C=O) groups is 3. The fourth-order valence-corrected chi connectivity index (χ4v) is 4.01. The molecule has 6 nitrogen and oxygen atoms in total. The van der Waals surface area contributed by atoms with Crippen LogP contribution in [0.3, 0.4) is 0 Å². The Balaban J connectivity index is 1.53. The molecule has 2 heterocycles. The van der Waals surface area contributed by atoms with E-state index in [-0.39, 0.29) is 18.1 Å². The van der Waals surface area contributed by atoms with E-state index in [9.17, 15) is 14.4 Å². The number of thiazole rings is 1. The summed E-state index contributed by atoms with van der Waals surface area (Å²) in [4.78, 5) is 41.3. The van der Waals surface area contributed by atoms with Gasteiger partial charge >= 0.3 is 5.97 Å². The van der Waals surface area contributed by atoms with Gasteiger partial charge in [-0.3, -0.25) is 9.59 Å². The molecule has 0 unspecified atom stereocenters. The predicted molar refractivity (Wildman–Crippen MR) is 105 cm³/mol. The molecule has 0 aliphatic carbocycles. The number of cyclic esters (lactones) is 1. The summed E-state index contributed by atoms with van der Waals surface area (Å²) in [5, 5.41) is 3.06. The highest BCUT2D eigenvalue weighted by molar-refractivity contribution is 7.18. The number of anilines is 1. The van der Waals surface area contributed by atoms with Crippen molar-refractivity contribution in [3.05, 3.63) is 70.6 Å². The molecule has 0 fully saturated rings. The van der Waals surface area contributed by atoms with Crippen LogP contribution < -0.4 is 5.32 Å². The maximum atomic E-state index is 12.5. The topological polar surface area (TPSA) is 85.4 Å². The number of esters is 1. The Morgan fingerprint density at radius 3 is 2.57 bits per heavy atom. The molecule has 1 N–H and O–H groups in total. The normalized spacial score (nSPS) is 15.0. The summed E-state index contributed by atoms with van der Waals surface area (Å²) < 4.78 is 5.31. The number of amides is 1. The molecule has 0 radical (unpaired) electrons. The first kappa shape index (κ1) is 18.1. The first-order chi connectivity index (χ1) is 13.5. The van der Waals surface area contributed by atoms with E-state index in [4.69, 9.17) is 4.74 Å². The minimum atomic E-state index is -0.621. The van der Waals surface area contributed by atoms with Crippen LogP contribution in [-0.4, -0.2) is 22.6 Å². The fraction of sp³-hybridized carbons (Fsp3) is 0.143. The Labute approximate surface area is 165 Å². The van der Waals surface area contributed by atoms with Gasteiger partial charge in [0.2, 0.25) is 5.91 Å². The van der Waals surface area contributed by atoms with Crippen molar-refractivity contribution in [2.24, 2.45) is 0 Å². The average Bonchev–Trinajstić information content (AvgIpc) is 3.25. The Kier molecular flexibility index (Phi) is 4.75. The second-order valence-electron chi connectivity index (χ2n) is 6.35. The van der Waals surface area contributed by atoms with Gasteiger partial charge in [0.05, 0.1) is 22.6 Å². The minimum absolute atomic E-state index is 0.0155. The van der Waals surface area contributed by atoms with Gasteiger partial charge in [0.1, 0.15) is 6.10 Å². The Morgan fingerprint density at radius 1 is 1.11 bits per heavy atom. The molecule has 1 aliphatic rings. The van der Waals surface area contributed by atoms with Crippen molar-refractivity contribution in [2.45, 2.75) is 19.4 Å². The highest BCUT2D eigenvalue weighted by Crippen LogP contribution is 2.34. The summed E-state index contributed by atoms with van der Waals surface area (Å²) in [6.07, 6.45) is -0.636. The molecule has 1 aliphatic heterocycles. The molecule has 1 amide bonds. The zero-order chi connectivity index (χ0) is 19.7. The van der Waals surface area contributed by atoms with Crippen molar-refractivity contribution in [2.75, 3.05) is 5.32 Å². The molecule has 7 heteroatoms. The molecule has 0 bridgehead atoms. The summed E-state index contributed by atoms with van der Waals surface area (Å²) in [5.74, 6) is -0.874. The number of ketones is 1. The van der Waals surface area contributed by atoms with E-state index in [1.165, 1.54) is 6.92 Å². The predicted octanol–water partition coefficient (Wildman–Crippen LogP) is 4.25. The number of fused-ring (bicyclic) bond motifs is 1. The molecule has 3 aromatic rings. The smallest absolute Gasteiger partial charge is 0.339 e. The summed E-state index contributed by atoms with van der Waals surface area (Å²) in [7, 11) is 0. The lowest BCUT2D eigenvalue weighted by molar-refractivity contribution is -0.118. The van der Waals surface area contributed by atoms with Gasteiger partial charge in [-0.05, 0) is 6.07 Å². The highest BCUT2D eigenvalue weighted by atomic mass is 32.1. The molecule has 0 saturated heterocycles. The van der Waals surface area contributed by atoms with Crippen molar-refractivity contribution in [1.29, 1.82) is 0 Å². The standard InChI is InChI=1S/C21H16N2O4S/c1-12(24)19-18(13-7-3-2-4-8-13)23-21(28-19)22-17(25)11-16-14-9-5-6-10-15(14)20(26)27-16/h2-10,16H,11H2,1H3,(H,22,23,25)/t16-/m1/s1. The van der Waals surface area contributed by atoms with E-state index in [0.717, 1.165) is 16.9 Å². The number of benzene rings is 2. The summed E-state index contributed by atoms with van der Waals surface area (Å²) in [6, 6.07) is 16.4. The van der Waals surface area contributed by atoms with Crippen LogP contribution in [0, 0.1) is 0 Å². The van der Waals surface area contributed by atoms with Crippen LogP contribution in [0.1, 0.15) is 45.0 Å². The van der Waals surface area contributed by atoms with Crippen molar-refractivity contribution in [3.63, 3.8) is 0 Å². The lowest BCUT2D eigenvalue weighted by atomic mass is 10.0. The number of rotatable bonds is 5. The lowest BCUT2D eigenvalue weighted by Gasteiger charge is -2.09. The largest absolute Gasteiger partial charge is 0.453 e. The summed E-state index contributed by atoms with van der Waals surface area (Å²) in [6.45, 7) is 1.47. The van der Waals surface area contributed by atoms with Gasteiger partial charge in [-0.1, -0.05) is 59.9 Å².